The second-order valence-electron chi connectivity index (χ2n) is 1.40. The van der Waals surface area contributed by atoms with Crippen molar-refractivity contribution < 1.29 is 9.94 Å². The minimum atomic E-state index is 0.863. The predicted octanol–water partition coefficient (Wildman–Crippen LogP) is 2.00. The van der Waals surface area contributed by atoms with Gasteiger partial charge in [-0.25, -0.2) is 0 Å². The second-order valence-corrected chi connectivity index (χ2v) is 2.32. The zero-order valence-corrected chi connectivity index (χ0v) is 7.67. The molecule has 0 atom stereocenters. The Morgan fingerprint density at radius 3 is 2.40 bits per heavy atom. The van der Waals surface area contributed by atoms with Gasteiger partial charge in [-0.15, -0.1) is 0 Å². The summed E-state index contributed by atoms with van der Waals surface area (Å²) in [6.45, 7) is 4.00. The Morgan fingerprint density at radius 2 is 2.10 bits per heavy atom. The lowest BCUT2D eigenvalue weighted by molar-refractivity contribution is -0.905. The number of hydrogen-bond donors (Lipinski definition) is 1. The van der Waals surface area contributed by atoms with Crippen LogP contribution in [0.4, 0.5) is 0 Å². The molecule has 0 bridgehead atoms. The van der Waals surface area contributed by atoms with Gasteiger partial charge in [0.05, 0.1) is 4.47 Å². The third-order valence-electron chi connectivity index (χ3n) is 0.750. The van der Waals surface area contributed by atoms with Crippen LogP contribution in [0.3, 0.4) is 0 Å². The predicted molar refractivity (Wildman–Crippen MR) is 42.9 cm³/mol. The molecule has 1 rings (SSSR count). The molecule has 0 saturated heterocycles. The van der Waals surface area contributed by atoms with E-state index in [1.807, 2.05) is 19.9 Å². The summed E-state index contributed by atoms with van der Waals surface area (Å²) in [5, 5.41) is 8.70. The second kappa shape index (κ2) is 5.23. The topological polar surface area (TPSA) is 24.1 Å². The van der Waals surface area contributed by atoms with Crippen molar-refractivity contribution in [1.82, 2.24) is 0 Å². The Kier molecular flexibility index (Phi) is 4.94. The molecule has 0 radical (unpaired) electrons. The standard InChI is InChI=1S/C5H5BrNO.C2H6/c6-5-2-1-3-7(8)4-5;1-2/h1-4,8H;1-2H3/q+1;. The molecule has 0 aliphatic carbocycles. The maximum absolute atomic E-state index is 8.70. The van der Waals surface area contributed by atoms with E-state index in [-0.39, 0.29) is 0 Å². The number of halogens is 1. The van der Waals surface area contributed by atoms with Crippen LogP contribution in [0, 0.1) is 0 Å². The summed E-state index contributed by atoms with van der Waals surface area (Å²) in [7, 11) is 0. The summed E-state index contributed by atoms with van der Waals surface area (Å²) < 4.78 is 1.85. The van der Waals surface area contributed by atoms with E-state index in [9.17, 15) is 0 Å². The molecule has 0 spiro atoms. The maximum Gasteiger partial charge on any atom is 0.236 e. The van der Waals surface area contributed by atoms with E-state index < -0.39 is 0 Å². The fraction of sp³-hybridized carbons (Fsp3) is 0.286. The summed E-state index contributed by atoms with van der Waals surface area (Å²) in [4.78, 5) is 0. The van der Waals surface area contributed by atoms with Crippen LogP contribution in [0.2, 0.25) is 0 Å². The quantitative estimate of drug-likeness (QED) is 0.508. The number of pyridine rings is 1. The minimum absolute atomic E-state index is 0.863. The molecule has 2 nitrogen and oxygen atoms in total. The molecule has 0 saturated carbocycles. The monoisotopic (exact) mass is 204 g/mol. The van der Waals surface area contributed by atoms with E-state index in [1.54, 1.807) is 18.5 Å². The van der Waals surface area contributed by atoms with Gasteiger partial charge < -0.3 is 0 Å². The van der Waals surface area contributed by atoms with Gasteiger partial charge in [0.25, 0.3) is 0 Å². The molecule has 1 aromatic rings. The molecule has 56 valence electrons. The van der Waals surface area contributed by atoms with Crippen LogP contribution in [0.5, 0.6) is 0 Å². The van der Waals surface area contributed by atoms with Crippen molar-refractivity contribution in [2.75, 3.05) is 0 Å². The molecule has 0 fully saturated rings. The fourth-order valence-electron chi connectivity index (χ4n) is 0.436. The highest BCUT2D eigenvalue weighted by atomic mass is 79.9. The van der Waals surface area contributed by atoms with Crippen LogP contribution in [0.15, 0.2) is 29.0 Å². The van der Waals surface area contributed by atoms with Gasteiger partial charge in [-0.2, -0.15) is 0 Å². The SMILES string of the molecule is CC.O[n+]1cccc(Br)c1. The van der Waals surface area contributed by atoms with Crippen molar-refractivity contribution in [3.05, 3.63) is 29.0 Å². The van der Waals surface area contributed by atoms with Gasteiger partial charge in [-0.05, 0) is 22.0 Å². The van der Waals surface area contributed by atoms with E-state index >= 15 is 0 Å². The van der Waals surface area contributed by atoms with Crippen LogP contribution in [-0.4, -0.2) is 5.21 Å². The van der Waals surface area contributed by atoms with E-state index in [0.29, 0.717) is 0 Å². The van der Waals surface area contributed by atoms with E-state index in [1.165, 1.54) is 0 Å². The van der Waals surface area contributed by atoms with Gasteiger partial charge >= 0.3 is 0 Å². The molecule has 0 unspecified atom stereocenters. The van der Waals surface area contributed by atoms with Gasteiger partial charge in [-0.1, -0.05) is 13.8 Å². The van der Waals surface area contributed by atoms with E-state index in [0.717, 1.165) is 9.20 Å². The van der Waals surface area contributed by atoms with Crippen molar-refractivity contribution in [2.24, 2.45) is 0 Å². The Labute approximate surface area is 69.2 Å². The number of nitrogens with zero attached hydrogens (tertiary/aromatic N) is 1. The van der Waals surface area contributed by atoms with Crippen LogP contribution in [0.25, 0.3) is 0 Å². The first-order valence-electron chi connectivity index (χ1n) is 3.15. The molecule has 0 aliphatic heterocycles. The van der Waals surface area contributed by atoms with Crippen molar-refractivity contribution in [3.63, 3.8) is 0 Å². The zero-order chi connectivity index (χ0) is 7.98. The molecule has 1 heterocycles. The third kappa shape index (κ3) is 3.45. The molecular formula is C7H11BrNO+. The van der Waals surface area contributed by atoms with Crippen molar-refractivity contribution in [2.45, 2.75) is 13.8 Å². The minimum Gasteiger partial charge on any atom is -0.285 e. The van der Waals surface area contributed by atoms with Crippen molar-refractivity contribution in [1.29, 1.82) is 0 Å². The molecule has 0 aromatic carbocycles. The van der Waals surface area contributed by atoms with Crippen molar-refractivity contribution in [3.8, 4) is 0 Å². The van der Waals surface area contributed by atoms with Crippen LogP contribution in [0.1, 0.15) is 13.8 Å². The zero-order valence-electron chi connectivity index (χ0n) is 6.08. The summed E-state index contributed by atoms with van der Waals surface area (Å²) in [6.07, 6.45) is 3.10. The molecule has 1 N–H and O–H groups in total. The first-order valence-corrected chi connectivity index (χ1v) is 3.94. The number of hydrogen-bond acceptors (Lipinski definition) is 1. The van der Waals surface area contributed by atoms with E-state index in [2.05, 4.69) is 15.9 Å². The van der Waals surface area contributed by atoms with E-state index in [4.69, 9.17) is 5.21 Å². The first-order chi connectivity index (χ1) is 4.79. The average Bonchev–Trinajstić information content (AvgIpc) is 1.91. The lowest BCUT2D eigenvalue weighted by Crippen LogP contribution is -2.27. The smallest absolute Gasteiger partial charge is 0.236 e. The molecule has 1 aromatic heterocycles. The summed E-state index contributed by atoms with van der Waals surface area (Å²) in [5.41, 5.74) is 0. The first kappa shape index (κ1) is 9.43. The van der Waals surface area contributed by atoms with Crippen molar-refractivity contribution >= 4 is 15.9 Å². The number of rotatable bonds is 0. The fourth-order valence-corrected chi connectivity index (χ4v) is 0.798. The normalized spacial score (nSPS) is 7.90. The van der Waals surface area contributed by atoms with Crippen LogP contribution >= 0.6 is 15.9 Å². The Balaban J connectivity index is 0.000000371. The number of aromatic nitrogens is 1. The Morgan fingerprint density at radius 1 is 1.50 bits per heavy atom. The summed E-state index contributed by atoms with van der Waals surface area (Å²) >= 11 is 3.18. The summed E-state index contributed by atoms with van der Waals surface area (Å²) in [6, 6.07) is 3.58. The summed E-state index contributed by atoms with van der Waals surface area (Å²) in [5.74, 6) is 0. The average molecular weight is 205 g/mol. The third-order valence-corrected chi connectivity index (χ3v) is 1.22. The van der Waals surface area contributed by atoms with Gasteiger partial charge in [-0.3, -0.25) is 5.21 Å². The lowest BCUT2D eigenvalue weighted by atomic mass is 10.5. The lowest BCUT2D eigenvalue weighted by Gasteiger charge is -1.80. The molecule has 10 heavy (non-hydrogen) atoms. The highest BCUT2D eigenvalue weighted by molar-refractivity contribution is 9.10. The van der Waals surface area contributed by atoms with Gasteiger partial charge in [0.2, 0.25) is 12.4 Å². The van der Waals surface area contributed by atoms with Crippen LogP contribution in [-0.2, 0) is 0 Å². The molecule has 0 aliphatic rings. The largest absolute Gasteiger partial charge is 0.285 e. The molecule has 3 heteroatoms. The Bertz CT molecular complexity index is 173. The van der Waals surface area contributed by atoms with Gasteiger partial charge in [0, 0.05) is 10.8 Å². The highest BCUT2D eigenvalue weighted by Gasteiger charge is 1.92. The molecule has 0 amide bonds. The molecular weight excluding hydrogens is 194 g/mol. The Hall–Kier alpha value is -0.570. The van der Waals surface area contributed by atoms with Gasteiger partial charge in [0.15, 0.2) is 0 Å². The highest BCUT2D eigenvalue weighted by Crippen LogP contribution is 2.01. The maximum atomic E-state index is 8.70. The van der Waals surface area contributed by atoms with Crippen LogP contribution < -0.4 is 4.73 Å². The van der Waals surface area contributed by atoms with Gasteiger partial charge in [0.1, 0.15) is 0 Å².